The van der Waals surface area contributed by atoms with Gasteiger partial charge in [0.2, 0.25) is 0 Å². The van der Waals surface area contributed by atoms with Crippen molar-refractivity contribution in [1.82, 2.24) is 9.97 Å². The SMILES string of the molecule is C[C@]1(O)CC[C@@H](Nc2ncnc(Cl)c2N)CC1. The molecule has 1 saturated carbocycles. The second-order valence-electron chi connectivity index (χ2n) is 4.84. The summed E-state index contributed by atoms with van der Waals surface area (Å²) in [7, 11) is 0. The summed E-state index contributed by atoms with van der Waals surface area (Å²) < 4.78 is 0. The highest BCUT2D eigenvalue weighted by Crippen LogP contribution is 2.31. The van der Waals surface area contributed by atoms with Crippen LogP contribution >= 0.6 is 11.6 Å². The molecule has 0 atom stereocenters. The molecule has 0 spiro atoms. The van der Waals surface area contributed by atoms with Crippen molar-refractivity contribution in [3.63, 3.8) is 0 Å². The maximum atomic E-state index is 9.86. The Balaban J connectivity index is 2.00. The molecule has 0 radical (unpaired) electrons. The first-order valence-corrected chi connectivity index (χ1v) is 6.11. The standard InChI is InChI=1S/C11H17ClN4O/c1-11(17)4-2-7(3-5-11)16-10-8(13)9(12)14-6-15-10/h6-7,17H,2-5,13H2,1H3,(H,14,15,16)/t7-,11+. The number of nitrogens with one attached hydrogen (secondary N) is 1. The minimum atomic E-state index is -0.535. The fourth-order valence-corrected chi connectivity index (χ4v) is 2.20. The number of nitrogens with two attached hydrogens (primary N) is 1. The van der Waals surface area contributed by atoms with E-state index in [0.717, 1.165) is 25.7 Å². The number of rotatable bonds is 2. The minimum absolute atomic E-state index is 0.269. The predicted octanol–water partition coefficient (Wildman–Crippen LogP) is 1.82. The maximum absolute atomic E-state index is 9.86. The number of hydrogen-bond acceptors (Lipinski definition) is 5. The average Bonchev–Trinajstić information content (AvgIpc) is 2.27. The molecule has 1 aromatic heterocycles. The summed E-state index contributed by atoms with van der Waals surface area (Å²) in [4.78, 5) is 7.88. The van der Waals surface area contributed by atoms with Gasteiger partial charge in [-0.1, -0.05) is 11.6 Å². The number of hydrogen-bond donors (Lipinski definition) is 3. The molecule has 1 fully saturated rings. The summed E-state index contributed by atoms with van der Waals surface area (Å²) in [5, 5.41) is 13.4. The third-order valence-corrected chi connectivity index (χ3v) is 3.54. The van der Waals surface area contributed by atoms with Crippen LogP contribution in [0, 0.1) is 0 Å². The molecule has 17 heavy (non-hydrogen) atoms. The van der Waals surface area contributed by atoms with Crippen molar-refractivity contribution in [3.05, 3.63) is 11.5 Å². The van der Waals surface area contributed by atoms with Crippen molar-refractivity contribution in [2.45, 2.75) is 44.2 Å². The summed E-state index contributed by atoms with van der Waals surface area (Å²) in [6, 6.07) is 0.281. The van der Waals surface area contributed by atoms with E-state index in [0.29, 0.717) is 11.5 Å². The summed E-state index contributed by atoms with van der Waals surface area (Å²) in [6.07, 6.45) is 4.74. The first kappa shape index (κ1) is 12.4. The Labute approximate surface area is 105 Å². The van der Waals surface area contributed by atoms with Gasteiger partial charge < -0.3 is 16.2 Å². The second kappa shape index (κ2) is 4.66. The lowest BCUT2D eigenvalue weighted by Crippen LogP contribution is -2.36. The molecule has 6 heteroatoms. The Kier molecular flexibility index (Phi) is 3.40. The molecule has 5 nitrogen and oxygen atoms in total. The van der Waals surface area contributed by atoms with Crippen LogP contribution in [-0.2, 0) is 0 Å². The van der Waals surface area contributed by atoms with Crippen molar-refractivity contribution < 1.29 is 5.11 Å². The maximum Gasteiger partial charge on any atom is 0.157 e. The number of aliphatic hydroxyl groups is 1. The van der Waals surface area contributed by atoms with Crippen LogP contribution in [0.5, 0.6) is 0 Å². The van der Waals surface area contributed by atoms with Crippen molar-refractivity contribution in [3.8, 4) is 0 Å². The quantitative estimate of drug-likeness (QED) is 0.703. The molecule has 0 aromatic carbocycles. The molecule has 0 unspecified atom stereocenters. The normalized spacial score (nSPS) is 29.0. The molecule has 4 N–H and O–H groups in total. The minimum Gasteiger partial charge on any atom is -0.393 e. The zero-order valence-corrected chi connectivity index (χ0v) is 10.5. The number of halogens is 1. The number of nitrogens with zero attached hydrogens (tertiary/aromatic N) is 2. The van der Waals surface area contributed by atoms with E-state index in [1.165, 1.54) is 6.33 Å². The van der Waals surface area contributed by atoms with Gasteiger partial charge in [0.15, 0.2) is 11.0 Å². The van der Waals surface area contributed by atoms with Gasteiger partial charge in [-0.25, -0.2) is 9.97 Å². The number of aromatic nitrogens is 2. The average molecular weight is 257 g/mol. The van der Waals surface area contributed by atoms with Gasteiger partial charge in [-0.3, -0.25) is 0 Å². The van der Waals surface area contributed by atoms with Gasteiger partial charge in [-0.2, -0.15) is 0 Å². The van der Waals surface area contributed by atoms with E-state index >= 15 is 0 Å². The van der Waals surface area contributed by atoms with Crippen molar-refractivity contribution in [2.24, 2.45) is 0 Å². The first-order valence-electron chi connectivity index (χ1n) is 5.73. The summed E-state index contributed by atoms with van der Waals surface area (Å²) in [6.45, 7) is 1.87. The van der Waals surface area contributed by atoms with Crippen LogP contribution in [0.4, 0.5) is 11.5 Å². The van der Waals surface area contributed by atoms with Crippen molar-refractivity contribution in [2.75, 3.05) is 11.1 Å². The molecule has 0 aliphatic heterocycles. The lowest BCUT2D eigenvalue weighted by atomic mass is 9.84. The molecule has 1 aliphatic rings. The van der Waals surface area contributed by atoms with Crippen LogP contribution in [0.25, 0.3) is 0 Å². The smallest absolute Gasteiger partial charge is 0.157 e. The Bertz CT molecular complexity index is 400. The van der Waals surface area contributed by atoms with E-state index in [2.05, 4.69) is 15.3 Å². The van der Waals surface area contributed by atoms with Crippen molar-refractivity contribution >= 4 is 23.1 Å². The summed E-state index contributed by atoms with van der Waals surface area (Å²) in [5.41, 5.74) is 5.63. The Hall–Kier alpha value is -1.07. The van der Waals surface area contributed by atoms with E-state index in [4.69, 9.17) is 17.3 Å². The second-order valence-corrected chi connectivity index (χ2v) is 5.20. The Morgan fingerprint density at radius 3 is 2.76 bits per heavy atom. The summed E-state index contributed by atoms with van der Waals surface area (Å²) >= 11 is 5.82. The Morgan fingerprint density at radius 1 is 1.47 bits per heavy atom. The van der Waals surface area contributed by atoms with E-state index in [1.807, 2.05) is 6.92 Å². The van der Waals surface area contributed by atoms with E-state index in [1.54, 1.807) is 0 Å². The van der Waals surface area contributed by atoms with Crippen molar-refractivity contribution in [1.29, 1.82) is 0 Å². The zero-order valence-electron chi connectivity index (χ0n) is 9.78. The molecule has 0 bridgehead atoms. The molecule has 1 heterocycles. The molecule has 1 aliphatic carbocycles. The first-order chi connectivity index (χ1) is 7.98. The van der Waals surface area contributed by atoms with E-state index in [9.17, 15) is 5.11 Å². The van der Waals surface area contributed by atoms with Gasteiger partial charge >= 0.3 is 0 Å². The van der Waals surface area contributed by atoms with Gasteiger partial charge in [-0.15, -0.1) is 0 Å². The summed E-state index contributed by atoms with van der Waals surface area (Å²) in [5.74, 6) is 0.580. The molecular weight excluding hydrogens is 240 g/mol. The van der Waals surface area contributed by atoms with Gasteiger partial charge in [0, 0.05) is 6.04 Å². The van der Waals surface area contributed by atoms with Crippen LogP contribution in [0.2, 0.25) is 5.15 Å². The lowest BCUT2D eigenvalue weighted by molar-refractivity contribution is 0.0196. The fourth-order valence-electron chi connectivity index (χ4n) is 2.07. The van der Waals surface area contributed by atoms with Crippen LogP contribution in [0.1, 0.15) is 32.6 Å². The molecule has 0 saturated heterocycles. The molecule has 0 amide bonds. The van der Waals surface area contributed by atoms with Gasteiger partial charge in [0.05, 0.1) is 5.60 Å². The third kappa shape index (κ3) is 2.98. The molecule has 1 aromatic rings. The Morgan fingerprint density at radius 2 is 2.12 bits per heavy atom. The van der Waals surface area contributed by atoms with E-state index in [-0.39, 0.29) is 11.2 Å². The predicted molar refractivity (Wildman–Crippen MR) is 68.0 cm³/mol. The lowest BCUT2D eigenvalue weighted by Gasteiger charge is -2.33. The highest BCUT2D eigenvalue weighted by atomic mass is 35.5. The fraction of sp³-hybridized carbons (Fsp3) is 0.636. The van der Waals surface area contributed by atoms with Crippen LogP contribution in [-0.4, -0.2) is 26.7 Å². The van der Waals surface area contributed by atoms with Gasteiger partial charge in [0.1, 0.15) is 12.0 Å². The van der Waals surface area contributed by atoms with Crippen LogP contribution in [0.3, 0.4) is 0 Å². The van der Waals surface area contributed by atoms with Crippen LogP contribution < -0.4 is 11.1 Å². The van der Waals surface area contributed by atoms with Crippen LogP contribution in [0.15, 0.2) is 6.33 Å². The monoisotopic (exact) mass is 256 g/mol. The zero-order chi connectivity index (χ0) is 12.5. The molecule has 2 rings (SSSR count). The highest BCUT2D eigenvalue weighted by molar-refractivity contribution is 6.32. The molecule has 94 valence electrons. The van der Waals surface area contributed by atoms with Gasteiger partial charge in [0.25, 0.3) is 0 Å². The highest BCUT2D eigenvalue weighted by Gasteiger charge is 2.29. The largest absolute Gasteiger partial charge is 0.393 e. The number of anilines is 2. The topological polar surface area (TPSA) is 84.1 Å². The van der Waals surface area contributed by atoms with Gasteiger partial charge in [-0.05, 0) is 32.6 Å². The number of nitrogen functional groups attached to an aromatic ring is 1. The third-order valence-electron chi connectivity index (χ3n) is 3.24. The van der Waals surface area contributed by atoms with E-state index < -0.39 is 5.60 Å². The molecular formula is C11H17ClN4O.